The summed E-state index contributed by atoms with van der Waals surface area (Å²) in [5.74, 6) is 0.440. The van der Waals surface area contributed by atoms with Crippen molar-refractivity contribution in [1.82, 2.24) is 15.1 Å². The highest BCUT2D eigenvalue weighted by molar-refractivity contribution is 5.86. The molecule has 1 heterocycles. The number of benzene rings is 1. The molecule has 132 valence electrons. The molecular formula is C17H26N4O3. The van der Waals surface area contributed by atoms with Gasteiger partial charge >= 0.3 is 0 Å². The van der Waals surface area contributed by atoms with E-state index in [9.17, 15) is 10.1 Å². The number of hydrogen-bond donors (Lipinski definition) is 1. The minimum Gasteiger partial charge on any atom is -0.479 e. The first kappa shape index (κ1) is 18.2. The summed E-state index contributed by atoms with van der Waals surface area (Å²) in [5, 5.41) is 19.5. The Bertz CT molecular complexity index is 669. The van der Waals surface area contributed by atoms with Gasteiger partial charge in [0.15, 0.2) is 0 Å². The van der Waals surface area contributed by atoms with Crippen LogP contribution < -0.4 is 10.1 Å². The number of hydrogen-bond acceptors (Lipinski definition) is 5. The van der Waals surface area contributed by atoms with Crippen LogP contribution in [-0.4, -0.2) is 34.9 Å². The van der Waals surface area contributed by atoms with Crippen LogP contribution in [-0.2, 0) is 6.54 Å². The van der Waals surface area contributed by atoms with Crippen LogP contribution in [0.25, 0.3) is 10.9 Å². The second-order valence-corrected chi connectivity index (χ2v) is 5.86. The second kappa shape index (κ2) is 9.22. The van der Waals surface area contributed by atoms with Gasteiger partial charge in [0.05, 0.1) is 22.9 Å². The second-order valence-electron chi connectivity index (χ2n) is 5.86. The standard InChI is InChI=1S/C17H26N4O3/c1-3-4-10-18-11-6-5-7-12-20-16-9-8-14(21(22)23)13-15(16)17(19-20)24-2/h8-9,13,18H,3-7,10-12H2,1-2H3. The predicted molar refractivity (Wildman–Crippen MR) is 94.6 cm³/mol. The van der Waals surface area contributed by atoms with Crippen molar-refractivity contribution < 1.29 is 9.66 Å². The number of ether oxygens (including phenoxy) is 1. The summed E-state index contributed by atoms with van der Waals surface area (Å²) >= 11 is 0. The molecule has 7 nitrogen and oxygen atoms in total. The van der Waals surface area contributed by atoms with Crippen LogP contribution in [0.1, 0.15) is 39.0 Å². The van der Waals surface area contributed by atoms with Crippen LogP contribution in [0.2, 0.25) is 0 Å². The third kappa shape index (κ3) is 4.67. The van der Waals surface area contributed by atoms with Crippen molar-refractivity contribution in [1.29, 1.82) is 0 Å². The van der Waals surface area contributed by atoms with Gasteiger partial charge in [-0.2, -0.15) is 0 Å². The summed E-state index contributed by atoms with van der Waals surface area (Å²) in [4.78, 5) is 10.5. The van der Waals surface area contributed by atoms with E-state index in [1.165, 1.54) is 32.1 Å². The summed E-state index contributed by atoms with van der Waals surface area (Å²) in [6.07, 6.45) is 5.73. The summed E-state index contributed by atoms with van der Waals surface area (Å²) in [6.45, 7) is 5.12. The van der Waals surface area contributed by atoms with Crippen molar-refractivity contribution in [2.75, 3.05) is 20.2 Å². The maximum atomic E-state index is 10.9. The monoisotopic (exact) mass is 334 g/mol. The fourth-order valence-corrected chi connectivity index (χ4v) is 2.69. The van der Waals surface area contributed by atoms with Crippen molar-refractivity contribution in [3.63, 3.8) is 0 Å². The number of nitro benzene ring substituents is 1. The third-order valence-electron chi connectivity index (χ3n) is 4.03. The number of nitrogens with one attached hydrogen (secondary N) is 1. The van der Waals surface area contributed by atoms with Gasteiger partial charge in [-0.25, -0.2) is 0 Å². The van der Waals surface area contributed by atoms with Crippen molar-refractivity contribution in [3.8, 4) is 5.88 Å². The molecule has 2 rings (SSSR count). The summed E-state index contributed by atoms with van der Waals surface area (Å²) in [6, 6.07) is 4.78. The molecule has 1 aromatic carbocycles. The molecule has 2 aromatic rings. The van der Waals surface area contributed by atoms with Gasteiger partial charge in [-0.1, -0.05) is 19.8 Å². The van der Waals surface area contributed by atoms with Crippen molar-refractivity contribution in [2.45, 2.75) is 45.6 Å². The molecule has 0 aliphatic heterocycles. The number of nitrogens with zero attached hydrogens (tertiary/aromatic N) is 3. The van der Waals surface area contributed by atoms with Crippen LogP contribution >= 0.6 is 0 Å². The zero-order chi connectivity index (χ0) is 17.4. The smallest absolute Gasteiger partial charge is 0.270 e. The van der Waals surface area contributed by atoms with Crippen LogP contribution in [0.4, 0.5) is 5.69 Å². The van der Waals surface area contributed by atoms with Gasteiger partial charge in [0.2, 0.25) is 5.88 Å². The quantitative estimate of drug-likeness (QED) is 0.386. The van der Waals surface area contributed by atoms with Crippen LogP contribution in [0.3, 0.4) is 0 Å². The lowest BCUT2D eigenvalue weighted by atomic mass is 10.2. The topological polar surface area (TPSA) is 82.2 Å². The van der Waals surface area contributed by atoms with Gasteiger partial charge < -0.3 is 10.1 Å². The molecule has 0 fully saturated rings. The molecule has 0 saturated heterocycles. The highest BCUT2D eigenvalue weighted by Gasteiger charge is 2.15. The number of fused-ring (bicyclic) bond motifs is 1. The molecule has 0 bridgehead atoms. The van der Waals surface area contributed by atoms with Crippen molar-refractivity contribution >= 4 is 16.6 Å². The normalized spacial score (nSPS) is 11.1. The Morgan fingerprint density at radius 3 is 2.75 bits per heavy atom. The van der Waals surface area contributed by atoms with Gasteiger partial charge in [-0.3, -0.25) is 14.8 Å². The number of rotatable bonds is 11. The molecule has 0 aliphatic rings. The average Bonchev–Trinajstić information content (AvgIpc) is 2.94. The lowest BCUT2D eigenvalue weighted by Gasteiger charge is -2.05. The molecule has 24 heavy (non-hydrogen) atoms. The van der Waals surface area contributed by atoms with Crippen LogP contribution in [0.15, 0.2) is 18.2 Å². The van der Waals surface area contributed by atoms with Gasteiger partial charge in [0.1, 0.15) is 0 Å². The molecule has 0 spiro atoms. The zero-order valence-corrected chi connectivity index (χ0v) is 14.5. The summed E-state index contributed by atoms with van der Waals surface area (Å²) < 4.78 is 7.14. The van der Waals surface area contributed by atoms with Gasteiger partial charge in [0.25, 0.3) is 5.69 Å². The number of aromatic nitrogens is 2. The fourth-order valence-electron chi connectivity index (χ4n) is 2.69. The maximum Gasteiger partial charge on any atom is 0.270 e. The molecule has 0 radical (unpaired) electrons. The number of methoxy groups -OCH3 is 1. The van der Waals surface area contributed by atoms with Crippen LogP contribution in [0, 0.1) is 10.1 Å². The molecule has 0 unspecified atom stereocenters. The van der Waals surface area contributed by atoms with Crippen molar-refractivity contribution in [3.05, 3.63) is 28.3 Å². The predicted octanol–water partition coefficient (Wildman–Crippen LogP) is 3.51. The maximum absolute atomic E-state index is 10.9. The summed E-state index contributed by atoms with van der Waals surface area (Å²) in [7, 11) is 1.53. The number of aryl methyl sites for hydroxylation is 1. The number of unbranched alkanes of at least 4 members (excludes halogenated alkanes) is 3. The highest BCUT2D eigenvalue weighted by atomic mass is 16.6. The van der Waals surface area contributed by atoms with E-state index in [1.807, 2.05) is 4.68 Å². The lowest BCUT2D eigenvalue weighted by Crippen LogP contribution is -2.16. The van der Waals surface area contributed by atoms with E-state index in [4.69, 9.17) is 4.74 Å². The first-order valence-electron chi connectivity index (χ1n) is 8.57. The minimum atomic E-state index is -0.401. The Morgan fingerprint density at radius 1 is 1.25 bits per heavy atom. The summed E-state index contributed by atoms with van der Waals surface area (Å²) in [5.41, 5.74) is 0.928. The molecule has 0 aliphatic carbocycles. The van der Waals surface area contributed by atoms with Crippen LogP contribution in [0.5, 0.6) is 5.88 Å². The zero-order valence-electron chi connectivity index (χ0n) is 14.5. The Hall–Kier alpha value is -2.15. The highest BCUT2D eigenvalue weighted by Crippen LogP contribution is 2.28. The lowest BCUT2D eigenvalue weighted by molar-refractivity contribution is -0.384. The Morgan fingerprint density at radius 2 is 2.04 bits per heavy atom. The Labute approximate surface area is 142 Å². The van der Waals surface area contributed by atoms with E-state index in [2.05, 4.69) is 17.3 Å². The van der Waals surface area contributed by atoms with E-state index in [0.717, 1.165) is 44.4 Å². The van der Waals surface area contributed by atoms with Gasteiger partial charge in [-0.05, 0) is 38.4 Å². The molecule has 0 saturated carbocycles. The third-order valence-corrected chi connectivity index (χ3v) is 4.03. The average molecular weight is 334 g/mol. The Balaban J connectivity index is 1.91. The fraction of sp³-hybridized carbons (Fsp3) is 0.588. The molecule has 1 N–H and O–H groups in total. The Kier molecular flexibility index (Phi) is 6.99. The van der Waals surface area contributed by atoms with E-state index < -0.39 is 4.92 Å². The van der Waals surface area contributed by atoms with E-state index in [1.54, 1.807) is 6.07 Å². The van der Waals surface area contributed by atoms with E-state index in [0.29, 0.717) is 11.3 Å². The first-order chi connectivity index (χ1) is 11.7. The van der Waals surface area contributed by atoms with E-state index in [-0.39, 0.29) is 5.69 Å². The molecule has 0 atom stereocenters. The van der Waals surface area contributed by atoms with Gasteiger partial charge in [-0.15, -0.1) is 5.10 Å². The van der Waals surface area contributed by atoms with E-state index >= 15 is 0 Å². The van der Waals surface area contributed by atoms with Crippen molar-refractivity contribution in [2.24, 2.45) is 0 Å². The molecule has 7 heteroatoms. The minimum absolute atomic E-state index is 0.0542. The first-order valence-corrected chi connectivity index (χ1v) is 8.57. The molecule has 0 amide bonds. The largest absolute Gasteiger partial charge is 0.479 e. The molecular weight excluding hydrogens is 308 g/mol. The SMILES string of the molecule is CCCCNCCCCCn1nc(OC)c2cc([N+](=O)[O-])ccc21. The number of nitro groups is 1. The number of non-ortho nitro benzene ring substituents is 1. The van der Waals surface area contributed by atoms with Gasteiger partial charge in [0, 0.05) is 18.7 Å². The molecule has 1 aromatic heterocycles.